The minimum atomic E-state index is 0.342. The molecule has 2 nitrogen and oxygen atoms in total. The van der Waals surface area contributed by atoms with E-state index in [-0.39, 0.29) is 0 Å². The van der Waals surface area contributed by atoms with Crippen molar-refractivity contribution in [2.45, 2.75) is 32.4 Å². The molecule has 2 unspecified atom stereocenters. The van der Waals surface area contributed by atoms with E-state index in [4.69, 9.17) is 0 Å². The Bertz CT molecular complexity index is 527. The predicted molar refractivity (Wildman–Crippen MR) is 94.9 cm³/mol. The summed E-state index contributed by atoms with van der Waals surface area (Å²) < 4.78 is 0. The molecule has 1 fully saturated rings. The number of rotatable bonds is 7. The first-order valence-electron chi connectivity index (χ1n) is 8.76. The quantitative estimate of drug-likeness (QED) is 0.832. The van der Waals surface area contributed by atoms with E-state index in [1.54, 1.807) is 0 Å². The highest BCUT2D eigenvalue weighted by Crippen LogP contribution is 2.32. The molecule has 0 amide bonds. The molecule has 1 aliphatic rings. The summed E-state index contributed by atoms with van der Waals surface area (Å²) >= 11 is 0. The second-order valence-electron chi connectivity index (χ2n) is 6.77. The van der Waals surface area contributed by atoms with Crippen LogP contribution < -0.4 is 0 Å². The van der Waals surface area contributed by atoms with Gasteiger partial charge in [0.2, 0.25) is 0 Å². The lowest BCUT2D eigenvalue weighted by molar-refractivity contribution is 0.145. The number of aliphatic hydroxyl groups is 1. The normalized spacial score (nSPS) is 21.0. The summed E-state index contributed by atoms with van der Waals surface area (Å²) in [5.41, 5.74) is 2.73. The molecule has 0 aliphatic heterocycles. The maximum atomic E-state index is 9.61. The van der Waals surface area contributed by atoms with Crippen molar-refractivity contribution < 1.29 is 5.11 Å². The van der Waals surface area contributed by atoms with Gasteiger partial charge in [0.05, 0.1) is 0 Å². The molecule has 2 aromatic rings. The molecule has 2 atom stereocenters. The Morgan fingerprint density at radius 2 is 1.30 bits per heavy atom. The van der Waals surface area contributed by atoms with Crippen LogP contribution in [-0.2, 0) is 13.1 Å². The van der Waals surface area contributed by atoms with Crippen molar-refractivity contribution in [1.29, 1.82) is 0 Å². The van der Waals surface area contributed by atoms with Crippen molar-refractivity contribution in [1.82, 2.24) is 4.90 Å². The molecule has 122 valence electrons. The van der Waals surface area contributed by atoms with Crippen molar-refractivity contribution in [3.05, 3.63) is 71.8 Å². The average molecular weight is 309 g/mol. The number of benzene rings is 2. The molecule has 0 aromatic heterocycles. The summed E-state index contributed by atoms with van der Waals surface area (Å²) in [5.74, 6) is 1.12. The number of hydrogen-bond donors (Lipinski definition) is 1. The minimum Gasteiger partial charge on any atom is -0.396 e. The molecule has 0 spiro atoms. The summed E-state index contributed by atoms with van der Waals surface area (Å²) in [5, 5.41) is 9.61. The van der Waals surface area contributed by atoms with Gasteiger partial charge in [-0.25, -0.2) is 0 Å². The first-order valence-corrected chi connectivity index (χ1v) is 8.76. The summed E-state index contributed by atoms with van der Waals surface area (Å²) in [6, 6.07) is 21.4. The van der Waals surface area contributed by atoms with Crippen molar-refractivity contribution in [2.75, 3.05) is 13.2 Å². The Hall–Kier alpha value is -1.64. The molecule has 1 N–H and O–H groups in total. The van der Waals surface area contributed by atoms with Gasteiger partial charge in [-0.05, 0) is 35.8 Å². The average Bonchev–Trinajstić information content (AvgIpc) is 3.04. The third-order valence-electron chi connectivity index (χ3n) is 5.04. The zero-order chi connectivity index (χ0) is 15.9. The highest BCUT2D eigenvalue weighted by molar-refractivity contribution is 5.17. The van der Waals surface area contributed by atoms with Gasteiger partial charge in [0, 0.05) is 26.2 Å². The Labute approximate surface area is 139 Å². The Morgan fingerprint density at radius 1 is 0.783 bits per heavy atom. The van der Waals surface area contributed by atoms with Crippen LogP contribution in [0.2, 0.25) is 0 Å². The highest BCUT2D eigenvalue weighted by Gasteiger charge is 2.28. The monoisotopic (exact) mass is 309 g/mol. The highest BCUT2D eigenvalue weighted by atomic mass is 16.3. The fourth-order valence-electron chi connectivity index (χ4n) is 3.79. The zero-order valence-electron chi connectivity index (χ0n) is 13.8. The molecule has 2 heteroatoms. The van der Waals surface area contributed by atoms with Gasteiger partial charge in [0.25, 0.3) is 0 Å². The van der Waals surface area contributed by atoms with Crippen LogP contribution >= 0.6 is 0 Å². The number of hydrogen-bond acceptors (Lipinski definition) is 2. The van der Waals surface area contributed by atoms with Crippen LogP contribution in [0.4, 0.5) is 0 Å². The second kappa shape index (κ2) is 8.28. The van der Waals surface area contributed by atoms with Gasteiger partial charge in [-0.15, -0.1) is 0 Å². The van der Waals surface area contributed by atoms with Crippen molar-refractivity contribution in [2.24, 2.45) is 11.8 Å². The van der Waals surface area contributed by atoms with Crippen LogP contribution in [0.25, 0.3) is 0 Å². The van der Waals surface area contributed by atoms with Crippen LogP contribution in [0.1, 0.15) is 30.4 Å². The third kappa shape index (κ3) is 4.66. The van der Waals surface area contributed by atoms with E-state index in [0.29, 0.717) is 18.4 Å². The first-order chi connectivity index (χ1) is 11.3. The van der Waals surface area contributed by atoms with Gasteiger partial charge in [-0.2, -0.15) is 0 Å². The molecule has 1 aliphatic carbocycles. The Balaban J connectivity index is 1.70. The smallest absolute Gasteiger partial charge is 0.0462 e. The van der Waals surface area contributed by atoms with Gasteiger partial charge in [-0.3, -0.25) is 4.90 Å². The predicted octanol–water partition coefficient (Wildman–Crippen LogP) is 4.10. The fourth-order valence-corrected chi connectivity index (χ4v) is 3.79. The van der Waals surface area contributed by atoms with Gasteiger partial charge >= 0.3 is 0 Å². The number of nitrogens with zero attached hydrogens (tertiary/aromatic N) is 1. The molecule has 1 saturated carbocycles. The summed E-state index contributed by atoms with van der Waals surface area (Å²) in [4.78, 5) is 2.54. The first kappa shape index (κ1) is 16.2. The lowest BCUT2D eigenvalue weighted by Gasteiger charge is -2.28. The van der Waals surface area contributed by atoms with Crippen LogP contribution in [0, 0.1) is 11.8 Å². The topological polar surface area (TPSA) is 23.5 Å². The van der Waals surface area contributed by atoms with E-state index < -0.39 is 0 Å². The SMILES string of the molecule is OCC1CCCC1CN(Cc1ccccc1)Cc1ccccc1. The van der Waals surface area contributed by atoms with Crippen molar-refractivity contribution in [3.63, 3.8) is 0 Å². The van der Waals surface area contributed by atoms with Gasteiger partial charge < -0.3 is 5.11 Å². The van der Waals surface area contributed by atoms with Gasteiger partial charge in [0.15, 0.2) is 0 Å². The van der Waals surface area contributed by atoms with E-state index in [9.17, 15) is 5.11 Å². The van der Waals surface area contributed by atoms with Gasteiger partial charge in [-0.1, -0.05) is 67.1 Å². The Kier molecular flexibility index (Phi) is 5.84. The summed E-state index contributed by atoms with van der Waals surface area (Å²) in [7, 11) is 0. The molecule has 3 rings (SSSR count). The van der Waals surface area contributed by atoms with Crippen LogP contribution in [0.3, 0.4) is 0 Å². The molecule has 0 heterocycles. The van der Waals surface area contributed by atoms with E-state index in [1.807, 2.05) is 0 Å². The summed E-state index contributed by atoms with van der Waals surface area (Å²) in [6.45, 7) is 3.37. The summed E-state index contributed by atoms with van der Waals surface area (Å²) in [6.07, 6.45) is 3.71. The lowest BCUT2D eigenvalue weighted by atomic mass is 9.96. The second-order valence-corrected chi connectivity index (χ2v) is 6.77. The largest absolute Gasteiger partial charge is 0.396 e. The van der Waals surface area contributed by atoms with Crippen molar-refractivity contribution >= 4 is 0 Å². The molecular formula is C21H27NO. The fraction of sp³-hybridized carbons (Fsp3) is 0.429. The third-order valence-corrected chi connectivity index (χ3v) is 5.04. The molecule has 2 aromatic carbocycles. The van der Waals surface area contributed by atoms with E-state index >= 15 is 0 Å². The van der Waals surface area contributed by atoms with E-state index in [0.717, 1.165) is 19.6 Å². The molecule has 0 saturated heterocycles. The molecular weight excluding hydrogens is 282 g/mol. The standard InChI is InChI=1S/C21H27NO/c23-17-21-13-7-12-20(21)16-22(14-18-8-3-1-4-9-18)15-19-10-5-2-6-11-19/h1-6,8-11,20-21,23H,7,12-17H2. The van der Waals surface area contributed by atoms with Crippen LogP contribution in [0.15, 0.2) is 60.7 Å². The van der Waals surface area contributed by atoms with E-state index in [1.165, 1.54) is 30.4 Å². The Morgan fingerprint density at radius 3 is 1.83 bits per heavy atom. The molecule has 0 bridgehead atoms. The number of aliphatic hydroxyl groups excluding tert-OH is 1. The van der Waals surface area contributed by atoms with E-state index in [2.05, 4.69) is 65.6 Å². The lowest BCUT2D eigenvalue weighted by Crippen LogP contribution is -2.31. The molecule has 0 radical (unpaired) electrons. The zero-order valence-corrected chi connectivity index (χ0v) is 13.8. The molecule has 23 heavy (non-hydrogen) atoms. The van der Waals surface area contributed by atoms with Crippen LogP contribution in [-0.4, -0.2) is 23.2 Å². The van der Waals surface area contributed by atoms with Crippen LogP contribution in [0.5, 0.6) is 0 Å². The maximum Gasteiger partial charge on any atom is 0.0462 e. The van der Waals surface area contributed by atoms with Crippen molar-refractivity contribution in [3.8, 4) is 0 Å². The van der Waals surface area contributed by atoms with Gasteiger partial charge in [0.1, 0.15) is 0 Å². The minimum absolute atomic E-state index is 0.342. The maximum absolute atomic E-state index is 9.61.